The molecule has 0 aromatic rings. The molecule has 0 heterocycles. The predicted octanol–water partition coefficient (Wildman–Crippen LogP) is 6.64. The van der Waals surface area contributed by atoms with Crippen LogP contribution in [0.1, 0.15) is 126 Å². The first-order valence-corrected chi connectivity index (χ1v) is 13.5. The maximum absolute atomic E-state index is 12.7. The Morgan fingerprint density at radius 1 is 0.939 bits per heavy atom. The summed E-state index contributed by atoms with van der Waals surface area (Å²) in [6, 6.07) is 0. The Bertz CT molecular complexity index is 577. The Balaban J connectivity index is 2.47. The van der Waals surface area contributed by atoms with Gasteiger partial charge in [-0.05, 0) is 83.5 Å². The summed E-state index contributed by atoms with van der Waals surface area (Å²) in [5.74, 6) is 0.131. The fraction of sp³-hybridized carbons (Fsp3) is 0.929. The number of aliphatic hydroxyl groups is 1. The molecule has 1 saturated carbocycles. The molecule has 1 unspecified atom stereocenters. The van der Waals surface area contributed by atoms with E-state index in [-0.39, 0.29) is 18.5 Å². The summed E-state index contributed by atoms with van der Waals surface area (Å²) in [6.07, 6.45) is 11.0. The smallest absolute Gasteiger partial charge is 0.343 e. The highest BCUT2D eigenvalue weighted by atomic mass is 16.6. The maximum atomic E-state index is 12.7. The summed E-state index contributed by atoms with van der Waals surface area (Å²) in [7, 11) is 0. The van der Waals surface area contributed by atoms with Crippen LogP contribution in [0.15, 0.2) is 0 Å². The lowest BCUT2D eigenvalue weighted by Gasteiger charge is -2.27. The minimum Gasteiger partial charge on any atom is -0.464 e. The average Bonchev–Trinajstić information content (AvgIpc) is 3.06. The molecule has 1 aliphatic carbocycles. The lowest BCUT2D eigenvalue weighted by Crippen LogP contribution is -2.40. The van der Waals surface area contributed by atoms with Crippen molar-refractivity contribution in [3.63, 3.8) is 0 Å². The van der Waals surface area contributed by atoms with Crippen molar-refractivity contribution in [2.75, 3.05) is 6.61 Å². The molecular weight excluding hydrogens is 416 g/mol. The summed E-state index contributed by atoms with van der Waals surface area (Å²) in [6.45, 7) is 14.5. The molecule has 1 rings (SSSR count). The van der Waals surface area contributed by atoms with E-state index in [1.807, 2.05) is 20.8 Å². The molecule has 0 radical (unpaired) electrons. The van der Waals surface area contributed by atoms with Crippen molar-refractivity contribution >= 4 is 11.8 Å². The standard InChI is InChI=1S/C28H52O5/c1-8-10-19-28(6,7)20-13-14-21-17-18-23(29)22(21)15-11-12-16-24(30)25(26(31)32-9-2)33-27(3,4)5/h21-23,25,29H,8-20H2,1-7H3/t21-,22+,23-,25?/m0/s1. The van der Waals surface area contributed by atoms with Crippen molar-refractivity contribution in [2.45, 2.75) is 143 Å². The molecule has 0 aliphatic heterocycles. The molecule has 0 saturated heterocycles. The van der Waals surface area contributed by atoms with Gasteiger partial charge in [0.15, 0.2) is 5.78 Å². The van der Waals surface area contributed by atoms with Crippen molar-refractivity contribution in [1.29, 1.82) is 0 Å². The molecule has 5 heteroatoms. The highest BCUT2D eigenvalue weighted by Gasteiger charge is 2.35. The second kappa shape index (κ2) is 14.5. The maximum Gasteiger partial charge on any atom is 0.343 e. The number of ketones is 1. The third-order valence-electron chi connectivity index (χ3n) is 7.04. The molecule has 1 fully saturated rings. The third-order valence-corrected chi connectivity index (χ3v) is 7.04. The van der Waals surface area contributed by atoms with Crippen LogP contribution in [0.25, 0.3) is 0 Å². The van der Waals surface area contributed by atoms with Gasteiger partial charge in [0, 0.05) is 6.42 Å². The van der Waals surface area contributed by atoms with Crippen LogP contribution < -0.4 is 0 Å². The minimum atomic E-state index is -1.15. The van der Waals surface area contributed by atoms with Gasteiger partial charge in [-0.3, -0.25) is 4.79 Å². The predicted molar refractivity (Wildman–Crippen MR) is 134 cm³/mol. The van der Waals surface area contributed by atoms with Crippen LogP contribution in [-0.2, 0) is 19.1 Å². The molecule has 0 aromatic heterocycles. The number of carbonyl (C=O) groups is 2. The van der Waals surface area contributed by atoms with E-state index in [0.717, 1.165) is 25.7 Å². The van der Waals surface area contributed by atoms with Gasteiger partial charge in [-0.15, -0.1) is 0 Å². The number of hydrogen-bond acceptors (Lipinski definition) is 5. The van der Waals surface area contributed by atoms with Gasteiger partial charge in [0.1, 0.15) is 0 Å². The number of hydrogen-bond donors (Lipinski definition) is 1. The highest BCUT2D eigenvalue weighted by Crippen LogP contribution is 2.40. The van der Waals surface area contributed by atoms with Gasteiger partial charge in [0.05, 0.1) is 18.3 Å². The molecule has 5 nitrogen and oxygen atoms in total. The largest absolute Gasteiger partial charge is 0.464 e. The van der Waals surface area contributed by atoms with Gasteiger partial charge in [-0.1, -0.05) is 52.9 Å². The van der Waals surface area contributed by atoms with Crippen LogP contribution in [0.4, 0.5) is 0 Å². The summed E-state index contributed by atoms with van der Waals surface area (Å²) >= 11 is 0. The Hall–Kier alpha value is -0.940. The monoisotopic (exact) mass is 468 g/mol. The Morgan fingerprint density at radius 2 is 1.61 bits per heavy atom. The first-order chi connectivity index (χ1) is 15.4. The molecule has 4 atom stereocenters. The fourth-order valence-corrected chi connectivity index (χ4v) is 5.16. The molecule has 0 spiro atoms. The topological polar surface area (TPSA) is 72.8 Å². The number of rotatable bonds is 16. The average molecular weight is 469 g/mol. The summed E-state index contributed by atoms with van der Waals surface area (Å²) in [4.78, 5) is 24.9. The van der Waals surface area contributed by atoms with Crippen molar-refractivity contribution in [3.8, 4) is 0 Å². The normalized spacial score (nSPS) is 22.4. The molecule has 1 aliphatic rings. The van der Waals surface area contributed by atoms with Gasteiger partial charge in [0.2, 0.25) is 6.10 Å². The molecule has 33 heavy (non-hydrogen) atoms. The number of unbranched alkanes of at least 4 members (excludes halogenated alkanes) is 2. The third kappa shape index (κ3) is 11.8. The Labute approximate surface area is 203 Å². The van der Waals surface area contributed by atoms with E-state index < -0.39 is 17.7 Å². The highest BCUT2D eigenvalue weighted by molar-refractivity contribution is 6.02. The summed E-state index contributed by atoms with van der Waals surface area (Å²) in [5, 5.41) is 10.5. The lowest BCUT2D eigenvalue weighted by molar-refractivity contribution is -0.170. The molecule has 0 bridgehead atoms. The van der Waals surface area contributed by atoms with Crippen molar-refractivity contribution in [1.82, 2.24) is 0 Å². The Kier molecular flexibility index (Phi) is 13.2. The van der Waals surface area contributed by atoms with Crippen LogP contribution >= 0.6 is 0 Å². The zero-order valence-electron chi connectivity index (χ0n) is 22.6. The van der Waals surface area contributed by atoms with Crippen molar-refractivity contribution in [3.05, 3.63) is 0 Å². The SMILES string of the molecule is CCCCC(C)(C)CCC[C@H]1CC[C@H](O)[C@@H]1CCCCC(=O)C(OC(C)(C)C)C(=O)OCC. The molecular formula is C28H52O5. The lowest BCUT2D eigenvalue weighted by atomic mass is 9.79. The number of aliphatic hydroxyl groups excluding tert-OH is 1. The first kappa shape index (κ1) is 30.1. The summed E-state index contributed by atoms with van der Waals surface area (Å²) in [5.41, 5.74) is -0.187. The Morgan fingerprint density at radius 3 is 2.21 bits per heavy atom. The summed E-state index contributed by atoms with van der Waals surface area (Å²) < 4.78 is 10.8. The molecule has 194 valence electrons. The van der Waals surface area contributed by atoms with Crippen LogP contribution in [0.5, 0.6) is 0 Å². The fourth-order valence-electron chi connectivity index (χ4n) is 5.16. The zero-order valence-corrected chi connectivity index (χ0v) is 22.6. The van der Waals surface area contributed by atoms with Crippen LogP contribution in [-0.4, -0.2) is 41.3 Å². The number of Topliss-reactive ketones (excluding diaryl/α,β-unsaturated/α-hetero) is 1. The molecule has 0 aromatic carbocycles. The number of carbonyl (C=O) groups excluding carboxylic acids is 2. The molecule has 0 amide bonds. The van der Waals surface area contributed by atoms with Crippen molar-refractivity contribution < 1.29 is 24.2 Å². The second-order valence-corrected chi connectivity index (χ2v) is 11.8. The van der Waals surface area contributed by atoms with Gasteiger partial charge in [-0.25, -0.2) is 4.79 Å². The minimum absolute atomic E-state index is 0.207. The van der Waals surface area contributed by atoms with Crippen LogP contribution in [0.3, 0.4) is 0 Å². The van der Waals surface area contributed by atoms with Gasteiger partial charge in [0.25, 0.3) is 0 Å². The van der Waals surface area contributed by atoms with E-state index in [9.17, 15) is 14.7 Å². The molecule has 1 N–H and O–H groups in total. The number of ether oxygens (including phenoxy) is 2. The van der Waals surface area contributed by atoms with Crippen LogP contribution in [0.2, 0.25) is 0 Å². The second-order valence-electron chi connectivity index (χ2n) is 11.8. The van der Waals surface area contributed by atoms with E-state index in [1.165, 1.54) is 38.5 Å². The van der Waals surface area contributed by atoms with Gasteiger partial charge >= 0.3 is 5.97 Å². The first-order valence-electron chi connectivity index (χ1n) is 13.5. The van der Waals surface area contributed by atoms with Crippen molar-refractivity contribution in [2.24, 2.45) is 17.3 Å². The van der Waals surface area contributed by atoms with E-state index in [2.05, 4.69) is 20.8 Å². The van der Waals surface area contributed by atoms with E-state index in [0.29, 0.717) is 30.1 Å². The van der Waals surface area contributed by atoms with E-state index in [4.69, 9.17) is 9.47 Å². The van der Waals surface area contributed by atoms with Crippen LogP contribution in [0, 0.1) is 17.3 Å². The quantitative estimate of drug-likeness (QED) is 0.156. The number of esters is 1. The van der Waals surface area contributed by atoms with Gasteiger partial charge < -0.3 is 14.6 Å². The van der Waals surface area contributed by atoms with Gasteiger partial charge in [-0.2, -0.15) is 0 Å². The zero-order chi connectivity index (χ0) is 25.1. The van der Waals surface area contributed by atoms with E-state index >= 15 is 0 Å². The van der Waals surface area contributed by atoms with E-state index in [1.54, 1.807) is 6.92 Å².